The maximum absolute atomic E-state index is 13.9. The zero-order valence-corrected chi connectivity index (χ0v) is 19.7. The van der Waals surface area contributed by atoms with Crippen LogP contribution >= 0.6 is 11.8 Å². The molecule has 1 aliphatic heterocycles. The molecule has 0 aliphatic carbocycles. The summed E-state index contributed by atoms with van der Waals surface area (Å²) in [4.78, 5) is 39.4. The first-order valence-electron chi connectivity index (χ1n) is 10.9. The van der Waals surface area contributed by atoms with Crippen molar-refractivity contribution >= 4 is 29.5 Å². The summed E-state index contributed by atoms with van der Waals surface area (Å²) in [6.07, 6.45) is 0.251. The molecule has 0 bridgehead atoms. The maximum Gasteiger partial charge on any atom is 0.328 e. The quantitative estimate of drug-likeness (QED) is 0.387. The summed E-state index contributed by atoms with van der Waals surface area (Å²) in [6, 6.07) is -0.534. The highest BCUT2D eigenvalue weighted by Gasteiger charge is 2.38. The van der Waals surface area contributed by atoms with Crippen molar-refractivity contribution < 1.29 is 32.3 Å². The molecule has 1 aliphatic rings. The number of esters is 1. The van der Waals surface area contributed by atoms with Crippen molar-refractivity contribution in [2.24, 2.45) is 11.7 Å². The van der Waals surface area contributed by atoms with Crippen LogP contribution in [0, 0.1) is 23.4 Å². The Morgan fingerprint density at radius 1 is 1.21 bits per heavy atom. The number of hydrogen-bond acceptors (Lipinski definition) is 6. The van der Waals surface area contributed by atoms with E-state index in [2.05, 4.69) is 5.32 Å². The second-order valence-electron chi connectivity index (χ2n) is 7.96. The Kier molecular flexibility index (Phi) is 10.0. The molecule has 0 saturated carbocycles. The van der Waals surface area contributed by atoms with E-state index >= 15 is 0 Å². The van der Waals surface area contributed by atoms with Crippen molar-refractivity contribution in [2.45, 2.75) is 57.5 Å². The first-order chi connectivity index (χ1) is 15.6. The summed E-state index contributed by atoms with van der Waals surface area (Å²) in [6.45, 7) is 5.88. The van der Waals surface area contributed by atoms with Crippen molar-refractivity contribution in [2.75, 3.05) is 18.9 Å². The number of halogens is 3. The molecule has 0 aromatic heterocycles. The average molecular weight is 490 g/mol. The van der Waals surface area contributed by atoms with Gasteiger partial charge in [-0.2, -0.15) is 0 Å². The molecule has 33 heavy (non-hydrogen) atoms. The summed E-state index contributed by atoms with van der Waals surface area (Å²) in [5.74, 6) is -4.53. The highest BCUT2D eigenvalue weighted by Crippen LogP contribution is 2.26. The predicted octanol–water partition coefficient (Wildman–Crippen LogP) is 2.36. The molecule has 0 radical (unpaired) electrons. The van der Waals surface area contributed by atoms with Gasteiger partial charge in [-0.25, -0.2) is 18.0 Å². The molecule has 2 amide bonds. The van der Waals surface area contributed by atoms with Crippen LogP contribution in [0.25, 0.3) is 0 Å². The fourth-order valence-corrected chi connectivity index (χ4v) is 4.63. The third-order valence-corrected chi connectivity index (χ3v) is 6.70. The normalized spacial score (nSPS) is 18.5. The molecule has 0 spiro atoms. The van der Waals surface area contributed by atoms with Crippen LogP contribution in [0.1, 0.15) is 39.2 Å². The third kappa shape index (κ3) is 7.10. The average Bonchev–Trinajstić information content (AvgIpc) is 3.25. The van der Waals surface area contributed by atoms with Crippen LogP contribution in [0.5, 0.6) is 0 Å². The van der Waals surface area contributed by atoms with Gasteiger partial charge in [0.05, 0.1) is 6.61 Å². The van der Waals surface area contributed by atoms with E-state index in [1.807, 2.05) is 13.8 Å². The number of hydrogen-bond donors (Lipinski definition) is 2. The number of carbonyl (C=O) groups is 3. The Hall–Kier alpha value is -2.27. The van der Waals surface area contributed by atoms with E-state index in [-0.39, 0.29) is 30.9 Å². The van der Waals surface area contributed by atoms with Gasteiger partial charge < -0.3 is 20.7 Å². The third-order valence-electron chi connectivity index (χ3n) is 5.50. The topological polar surface area (TPSA) is 102 Å². The molecule has 184 valence electrons. The molecule has 7 nitrogen and oxygen atoms in total. The van der Waals surface area contributed by atoms with E-state index in [0.717, 1.165) is 6.07 Å². The SMILES string of the molecule is CCOC(=O)C(NC(=O)C1SCCN1C(=O)C[C@H](N)Cc1cc(F)c(F)cc1F)[C@@H](C)CC. The lowest BCUT2D eigenvalue weighted by Gasteiger charge is -2.28. The highest BCUT2D eigenvalue weighted by atomic mass is 32.2. The Morgan fingerprint density at radius 2 is 1.88 bits per heavy atom. The molecule has 2 rings (SSSR count). The van der Waals surface area contributed by atoms with Crippen LogP contribution in [0.2, 0.25) is 0 Å². The van der Waals surface area contributed by atoms with Crippen molar-refractivity contribution in [1.82, 2.24) is 10.2 Å². The number of nitrogens with zero attached hydrogens (tertiary/aromatic N) is 1. The maximum atomic E-state index is 13.9. The molecule has 1 aromatic rings. The molecule has 1 aromatic carbocycles. The van der Waals surface area contributed by atoms with Gasteiger partial charge in [0.25, 0.3) is 5.91 Å². The number of ether oxygens (including phenoxy) is 1. The van der Waals surface area contributed by atoms with Gasteiger partial charge in [0.15, 0.2) is 17.0 Å². The molecule has 3 N–H and O–H groups in total. The molecule has 4 atom stereocenters. The fraction of sp³-hybridized carbons (Fsp3) is 0.591. The standard InChI is InChI=1S/C22H30F3N3O4S/c1-4-12(3)19(22(31)32-5-2)27-20(30)21-28(6-7-33-21)18(29)10-14(26)8-13-9-16(24)17(25)11-15(13)23/h9,11-12,14,19,21H,4-8,10,26H2,1-3H3,(H,27,30)/t12-,14+,19?,21?/m0/s1. The monoisotopic (exact) mass is 489 g/mol. The predicted molar refractivity (Wildman–Crippen MR) is 119 cm³/mol. The van der Waals surface area contributed by atoms with Crippen LogP contribution in [-0.4, -0.2) is 59.0 Å². The fourth-order valence-electron chi connectivity index (χ4n) is 3.48. The van der Waals surface area contributed by atoms with Crippen LogP contribution in [-0.2, 0) is 25.5 Å². The van der Waals surface area contributed by atoms with Gasteiger partial charge in [-0.05, 0) is 30.9 Å². The number of rotatable bonds is 10. The van der Waals surface area contributed by atoms with E-state index in [4.69, 9.17) is 10.5 Å². The van der Waals surface area contributed by atoms with Gasteiger partial charge in [0.2, 0.25) is 5.91 Å². The number of carbonyl (C=O) groups excluding carboxylic acids is 3. The molecule has 2 unspecified atom stereocenters. The van der Waals surface area contributed by atoms with Gasteiger partial charge in [0.1, 0.15) is 11.9 Å². The number of benzene rings is 1. The number of nitrogens with two attached hydrogens (primary N) is 1. The lowest BCUT2D eigenvalue weighted by Crippen LogP contribution is -2.52. The zero-order chi connectivity index (χ0) is 24.7. The first-order valence-corrected chi connectivity index (χ1v) is 11.9. The van der Waals surface area contributed by atoms with Crippen molar-refractivity contribution in [1.29, 1.82) is 0 Å². The smallest absolute Gasteiger partial charge is 0.328 e. The molecule has 11 heteroatoms. The van der Waals surface area contributed by atoms with Crippen molar-refractivity contribution in [3.8, 4) is 0 Å². The van der Waals surface area contributed by atoms with Crippen molar-refractivity contribution in [3.63, 3.8) is 0 Å². The van der Waals surface area contributed by atoms with Gasteiger partial charge in [-0.1, -0.05) is 20.3 Å². The van der Waals surface area contributed by atoms with Crippen LogP contribution in [0.15, 0.2) is 12.1 Å². The molecular weight excluding hydrogens is 459 g/mol. The van der Waals surface area contributed by atoms with E-state index in [9.17, 15) is 27.6 Å². The number of nitrogens with one attached hydrogen (secondary N) is 1. The lowest BCUT2D eigenvalue weighted by molar-refractivity contribution is -0.149. The minimum absolute atomic E-state index is 0.134. The highest BCUT2D eigenvalue weighted by molar-refractivity contribution is 8.00. The van der Waals surface area contributed by atoms with Crippen LogP contribution < -0.4 is 11.1 Å². The van der Waals surface area contributed by atoms with Gasteiger partial charge in [-0.15, -0.1) is 11.8 Å². The van der Waals surface area contributed by atoms with Crippen LogP contribution in [0.3, 0.4) is 0 Å². The number of thioether (sulfide) groups is 1. The largest absolute Gasteiger partial charge is 0.464 e. The Bertz CT molecular complexity index is 874. The summed E-state index contributed by atoms with van der Waals surface area (Å²) in [7, 11) is 0. The van der Waals surface area contributed by atoms with Crippen LogP contribution in [0.4, 0.5) is 13.2 Å². The second-order valence-corrected chi connectivity index (χ2v) is 9.15. The molecule has 1 saturated heterocycles. The Labute approximate surface area is 195 Å². The first kappa shape index (κ1) is 27.0. The summed E-state index contributed by atoms with van der Waals surface area (Å²) in [5.41, 5.74) is 5.83. The summed E-state index contributed by atoms with van der Waals surface area (Å²) < 4.78 is 45.5. The zero-order valence-electron chi connectivity index (χ0n) is 18.9. The van der Waals surface area contributed by atoms with E-state index < -0.39 is 52.7 Å². The lowest BCUT2D eigenvalue weighted by atomic mass is 9.99. The second kappa shape index (κ2) is 12.3. The molecule has 1 heterocycles. The summed E-state index contributed by atoms with van der Waals surface area (Å²) in [5, 5.41) is 1.86. The molecule has 1 fully saturated rings. The van der Waals surface area contributed by atoms with E-state index in [1.165, 1.54) is 16.7 Å². The minimum Gasteiger partial charge on any atom is -0.464 e. The van der Waals surface area contributed by atoms with Gasteiger partial charge >= 0.3 is 5.97 Å². The molecular formula is C22H30F3N3O4S. The summed E-state index contributed by atoms with van der Waals surface area (Å²) >= 11 is 1.26. The van der Waals surface area contributed by atoms with Gasteiger partial charge in [0, 0.05) is 30.8 Å². The van der Waals surface area contributed by atoms with Gasteiger partial charge in [-0.3, -0.25) is 9.59 Å². The Balaban J connectivity index is 2.03. The van der Waals surface area contributed by atoms with Crippen molar-refractivity contribution in [3.05, 3.63) is 35.1 Å². The number of amides is 2. The Morgan fingerprint density at radius 3 is 2.52 bits per heavy atom. The van der Waals surface area contributed by atoms with E-state index in [0.29, 0.717) is 24.8 Å². The van der Waals surface area contributed by atoms with E-state index in [1.54, 1.807) is 6.92 Å². The minimum atomic E-state index is -1.30.